The van der Waals surface area contributed by atoms with Crippen LogP contribution in [0.1, 0.15) is 23.7 Å². The van der Waals surface area contributed by atoms with Crippen molar-refractivity contribution in [2.24, 2.45) is 0 Å². The normalized spacial score (nSPS) is 11.4. The van der Waals surface area contributed by atoms with Gasteiger partial charge < -0.3 is 0 Å². The molecule has 0 aliphatic heterocycles. The lowest BCUT2D eigenvalue weighted by Gasteiger charge is -2.06. The van der Waals surface area contributed by atoms with E-state index in [1.807, 2.05) is 0 Å². The summed E-state index contributed by atoms with van der Waals surface area (Å²) in [7, 11) is -3.55. The van der Waals surface area contributed by atoms with Gasteiger partial charge in [0.05, 0.1) is 4.90 Å². The first kappa shape index (κ1) is 14.2. The summed E-state index contributed by atoms with van der Waals surface area (Å²) in [5, 5.41) is 0. The van der Waals surface area contributed by atoms with Gasteiger partial charge in [0, 0.05) is 18.0 Å². The lowest BCUT2D eigenvalue weighted by Crippen LogP contribution is -2.25. The average Bonchev–Trinajstić information content (AvgIpc) is 2.29. The van der Waals surface area contributed by atoms with Crippen LogP contribution in [0.2, 0.25) is 0 Å². The van der Waals surface area contributed by atoms with Crippen molar-refractivity contribution < 1.29 is 13.2 Å². The fourth-order valence-electron chi connectivity index (χ4n) is 1.24. The van der Waals surface area contributed by atoms with Crippen molar-refractivity contribution in [2.45, 2.75) is 18.2 Å². The van der Waals surface area contributed by atoms with E-state index in [1.165, 1.54) is 19.1 Å². The highest BCUT2D eigenvalue weighted by molar-refractivity contribution is 7.89. The van der Waals surface area contributed by atoms with E-state index < -0.39 is 10.0 Å². The summed E-state index contributed by atoms with van der Waals surface area (Å²) >= 11 is 5.46. The number of hydrogen-bond acceptors (Lipinski definition) is 3. The smallest absolute Gasteiger partial charge is 0.240 e. The van der Waals surface area contributed by atoms with Crippen molar-refractivity contribution in [1.29, 1.82) is 0 Å². The topological polar surface area (TPSA) is 63.2 Å². The third-order valence-electron chi connectivity index (χ3n) is 2.15. The molecule has 1 rings (SSSR count). The number of ketones is 1. The Morgan fingerprint density at radius 3 is 2.71 bits per heavy atom. The van der Waals surface area contributed by atoms with E-state index in [0.717, 1.165) is 0 Å². The zero-order valence-electron chi connectivity index (χ0n) is 9.44. The Morgan fingerprint density at radius 2 is 2.12 bits per heavy atom. The number of halogens is 1. The molecule has 0 aliphatic rings. The Balaban J connectivity index is 2.91. The monoisotopic (exact) mass is 275 g/mol. The van der Waals surface area contributed by atoms with Gasteiger partial charge in [-0.25, -0.2) is 13.1 Å². The Bertz CT molecular complexity index is 499. The SMILES string of the molecule is CC(=O)c1cccc(S(=O)(=O)NCCCCl)c1. The van der Waals surface area contributed by atoms with Crippen molar-refractivity contribution in [1.82, 2.24) is 4.72 Å². The van der Waals surface area contributed by atoms with Crippen LogP contribution in [-0.2, 0) is 10.0 Å². The first-order chi connectivity index (χ1) is 7.97. The molecular weight excluding hydrogens is 262 g/mol. The first-order valence-electron chi connectivity index (χ1n) is 5.14. The summed E-state index contributed by atoms with van der Waals surface area (Å²) in [6, 6.07) is 5.95. The van der Waals surface area contributed by atoms with Crippen LogP contribution in [0.4, 0.5) is 0 Å². The van der Waals surface area contributed by atoms with Crippen molar-refractivity contribution >= 4 is 27.4 Å². The van der Waals surface area contributed by atoms with Crippen LogP contribution in [0.3, 0.4) is 0 Å². The van der Waals surface area contributed by atoms with Gasteiger partial charge in [0.25, 0.3) is 0 Å². The van der Waals surface area contributed by atoms with E-state index in [9.17, 15) is 13.2 Å². The fourth-order valence-corrected chi connectivity index (χ4v) is 2.49. The van der Waals surface area contributed by atoms with E-state index >= 15 is 0 Å². The minimum atomic E-state index is -3.55. The Hall–Kier alpha value is -0.910. The molecule has 0 unspecified atom stereocenters. The van der Waals surface area contributed by atoms with E-state index in [1.54, 1.807) is 12.1 Å². The van der Waals surface area contributed by atoms with Gasteiger partial charge in [0.2, 0.25) is 10.0 Å². The molecule has 0 heterocycles. The molecule has 6 heteroatoms. The van der Waals surface area contributed by atoms with E-state index in [-0.39, 0.29) is 17.2 Å². The minimum absolute atomic E-state index is 0.0970. The minimum Gasteiger partial charge on any atom is -0.295 e. The maximum absolute atomic E-state index is 11.8. The summed E-state index contributed by atoms with van der Waals surface area (Å²) in [6.07, 6.45) is 0.563. The molecular formula is C11H14ClNO3S. The molecule has 1 aromatic rings. The average molecular weight is 276 g/mol. The van der Waals surface area contributed by atoms with Crippen LogP contribution >= 0.6 is 11.6 Å². The maximum atomic E-state index is 11.8. The molecule has 0 aromatic heterocycles. The number of sulfonamides is 1. The molecule has 0 spiro atoms. The number of benzene rings is 1. The highest BCUT2D eigenvalue weighted by Gasteiger charge is 2.14. The molecule has 0 bridgehead atoms. The Kier molecular flexibility index (Phi) is 5.11. The highest BCUT2D eigenvalue weighted by Crippen LogP contribution is 2.11. The molecule has 0 radical (unpaired) electrons. The molecule has 1 N–H and O–H groups in total. The number of alkyl halides is 1. The molecule has 1 aromatic carbocycles. The second kappa shape index (κ2) is 6.14. The standard InChI is InChI=1S/C11H14ClNO3S/c1-9(14)10-4-2-5-11(8-10)17(15,16)13-7-3-6-12/h2,4-5,8,13H,3,6-7H2,1H3. The van der Waals surface area contributed by atoms with Crippen LogP contribution in [0.15, 0.2) is 29.2 Å². The third-order valence-corrected chi connectivity index (χ3v) is 3.88. The van der Waals surface area contributed by atoms with Crippen LogP contribution in [0.25, 0.3) is 0 Å². The van der Waals surface area contributed by atoms with Crippen molar-refractivity contribution in [3.63, 3.8) is 0 Å². The lowest BCUT2D eigenvalue weighted by atomic mass is 10.2. The Morgan fingerprint density at radius 1 is 1.41 bits per heavy atom. The second-order valence-corrected chi connectivity index (χ2v) is 5.67. The van der Waals surface area contributed by atoms with E-state index in [0.29, 0.717) is 17.9 Å². The lowest BCUT2D eigenvalue weighted by molar-refractivity contribution is 0.101. The third kappa shape index (κ3) is 4.11. The molecule has 0 saturated heterocycles. The molecule has 0 fully saturated rings. The fraction of sp³-hybridized carbons (Fsp3) is 0.364. The molecule has 0 saturated carbocycles. The van der Waals surface area contributed by atoms with Gasteiger partial charge in [0.15, 0.2) is 5.78 Å². The van der Waals surface area contributed by atoms with Crippen molar-refractivity contribution in [2.75, 3.05) is 12.4 Å². The summed E-state index contributed by atoms with van der Waals surface area (Å²) in [6.45, 7) is 1.68. The van der Waals surface area contributed by atoms with Gasteiger partial charge in [-0.3, -0.25) is 4.79 Å². The van der Waals surface area contributed by atoms with E-state index in [2.05, 4.69) is 4.72 Å². The van der Waals surface area contributed by atoms with Gasteiger partial charge in [-0.05, 0) is 25.5 Å². The van der Waals surface area contributed by atoms with Crippen molar-refractivity contribution in [3.05, 3.63) is 29.8 Å². The van der Waals surface area contributed by atoms with Gasteiger partial charge in [-0.2, -0.15) is 0 Å². The van der Waals surface area contributed by atoms with Crippen LogP contribution in [0.5, 0.6) is 0 Å². The van der Waals surface area contributed by atoms with Gasteiger partial charge in [0.1, 0.15) is 0 Å². The Labute approximate surface area is 106 Å². The number of carbonyl (C=O) groups is 1. The zero-order valence-corrected chi connectivity index (χ0v) is 11.0. The molecule has 94 valence electrons. The summed E-state index contributed by atoms with van der Waals surface area (Å²) in [5.74, 6) is 0.235. The molecule has 0 aliphatic carbocycles. The number of Topliss-reactive ketones (excluding diaryl/α,β-unsaturated/α-hetero) is 1. The molecule has 0 atom stereocenters. The van der Waals surface area contributed by atoms with Gasteiger partial charge >= 0.3 is 0 Å². The zero-order chi connectivity index (χ0) is 12.9. The number of rotatable bonds is 6. The second-order valence-electron chi connectivity index (χ2n) is 3.52. The highest BCUT2D eigenvalue weighted by atomic mass is 35.5. The summed E-state index contributed by atoms with van der Waals surface area (Å²) in [5.41, 5.74) is 0.380. The first-order valence-corrected chi connectivity index (χ1v) is 7.16. The quantitative estimate of drug-likeness (QED) is 0.489. The summed E-state index contributed by atoms with van der Waals surface area (Å²) < 4.78 is 26.1. The van der Waals surface area contributed by atoms with Crippen molar-refractivity contribution in [3.8, 4) is 0 Å². The predicted molar refractivity (Wildman–Crippen MR) is 67.0 cm³/mol. The van der Waals surface area contributed by atoms with Crippen LogP contribution < -0.4 is 4.72 Å². The molecule has 17 heavy (non-hydrogen) atoms. The largest absolute Gasteiger partial charge is 0.295 e. The maximum Gasteiger partial charge on any atom is 0.240 e. The van der Waals surface area contributed by atoms with E-state index in [4.69, 9.17) is 11.6 Å². The molecule has 4 nitrogen and oxygen atoms in total. The number of hydrogen-bond donors (Lipinski definition) is 1. The van der Waals surface area contributed by atoms with Crippen LogP contribution in [0, 0.1) is 0 Å². The number of nitrogens with one attached hydrogen (secondary N) is 1. The van der Waals surface area contributed by atoms with Crippen LogP contribution in [-0.4, -0.2) is 26.6 Å². The predicted octanol–water partition coefficient (Wildman–Crippen LogP) is 1.80. The molecule has 0 amide bonds. The summed E-state index contributed by atoms with van der Waals surface area (Å²) in [4.78, 5) is 11.2. The van der Waals surface area contributed by atoms with Gasteiger partial charge in [-0.15, -0.1) is 11.6 Å². The number of carbonyl (C=O) groups excluding carboxylic acids is 1. The van der Waals surface area contributed by atoms with Gasteiger partial charge in [-0.1, -0.05) is 12.1 Å².